The summed E-state index contributed by atoms with van der Waals surface area (Å²) in [5, 5.41) is 18.5. The smallest absolute Gasteiger partial charge is 0.492 e. The summed E-state index contributed by atoms with van der Waals surface area (Å²) in [4.78, 5) is 0. The first-order valence-corrected chi connectivity index (χ1v) is 4.79. The van der Waals surface area contributed by atoms with Crippen molar-refractivity contribution in [3.63, 3.8) is 0 Å². The number of benzene rings is 1. The van der Waals surface area contributed by atoms with E-state index in [0.717, 1.165) is 0 Å². The molecular weight excluding hydrogens is 234 g/mol. The Labute approximate surface area is 98.7 Å². The molecular formula is C9H12BClO5. The Morgan fingerprint density at radius 2 is 1.62 bits per heavy atom. The van der Waals surface area contributed by atoms with E-state index in [1.165, 1.54) is 27.4 Å². The van der Waals surface area contributed by atoms with E-state index in [1.807, 2.05) is 0 Å². The maximum absolute atomic E-state index is 9.16. The second kappa shape index (κ2) is 5.29. The Balaban J connectivity index is 3.47. The van der Waals surface area contributed by atoms with Crippen molar-refractivity contribution < 1.29 is 24.3 Å². The quantitative estimate of drug-likeness (QED) is 0.735. The summed E-state index contributed by atoms with van der Waals surface area (Å²) < 4.78 is 15.1. The first-order chi connectivity index (χ1) is 7.56. The second-order valence-corrected chi connectivity index (χ2v) is 3.30. The Bertz CT molecular complexity index is 383. The van der Waals surface area contributed by atoms with E-state index in [-0.39, 0.29) is 22.0 Å². The Morgan fingerprint density at radius 3 is 2.00 bits per heavy atom. The van der Waals surface area contributed by atoms with Gasteiger partial charge < -0.3 is 24.3 Å². The minimum absolute atomic E-state index is 0.116. The SMILES string of the molecule is COc1cc(B(O)O)c(OC)c(Cl)c1OC. The lowest BCUT2D eigenvalue weighted by Gasteiger charge is -2.15. The lowest BCUT2D eigenvalue weighted by molar-refractivity contribution is 0.349. The fraction of sp³-hybridized carbons (Fsp3) is 0.333. The molecule has 0 aliphatic heterocycles. The molecule has 7 heteroatoms. The highest BCUT2D eigenvalue weighted by atomic mass is 35.5. The van der Waals surface area contributed by atoms with E-state index in [0.29, 0.717) is 5.75 Å². The second-order valence-electron chi connectivity index (χ2n) is 2.92. The average molecular weight is 246 g/mol. The largest absolute Gasteiger partial charge is 0.495 e. The summed E-state index contributed by atoms with van der Waals surface area (Å²) in [5.41, 5.74) is 0.116. The third-order valence-corrected chi connectivity index (χ3v) is 2.42. The van der Waals surface area contributed by atoms with Crippen molar-refractivity contribution in [2.45, 2.75) is 0 Å². The molecule has 0 unspecified atom stereocenters. The Kier molecular flexibility index (Phi) is 4.29. The highest BCUT2D eigenvalue weighted by Crippen LogP contribution is 2.40. The zero-order chi connectivity index (χ0) is 12.3. The van der Waals surface area contributed by atoms with Gasteiger partial charge in [-0.1, -0.05) is 11.6 Å². The van der Waals surface area contributed by atoms with Crippen molar-refractivity contribution in [1.82, 2.24) is 0 Å². The van der Waals surface area contributed by atoms with Gasteiger partial charge in [-0.25, -0.2) is 0 Å². The van der Waals surface area contributed by atoms with Crippen LogP contribution in [-0.2, 0) is 0 Å². The molecule has 16 heavy (non-hydrogen) atoms. The molecule has 0 bridgehead atoms. The molecule has 0 aliphatic carbocycles. The van der Waals surface area contributed by atoms with E-state index < -0.39 is 7.12 Å². The van der Waals surface area contributed by atoms with Gasteiger partial charge in [0, 0.05) is 5.46 Å². The van der Waals surface area contributed by atoms with Crippen molar-refractivity contribution in [2.75, 3.05) is 21.3 Å². The van der Waals surface area contributed by atoms with Crippen LogP contribution in [0.25, 0.3) is 0 Å². The van der Waals surface area contributed by atoms with E-state index in [9.17, 15) is 0 Å². The molecule has 88 valence electrons. The lowest BCUT2D eigenvalue weighted by atomic mass is 9.79. The fourth-order valence-corrected chi connectivity index (χ4v) is 1.71. The first-order valence-electron chi connectivity index (χ1n) is 4.41. The average Bonchev–Trinajstić information content (AvgIpc) is 2.27. The van der Waals surface area contributed by atoms with E-state index in [4.69, 9.17) is 35.9 Å². The van der Waals surface area contributed by atoms with Crippen LogP contribution >= 0.6 is 11.6 Å². The number of ether oxygens (including phenoxy) is 3. The van der Waals surface area contributed by atoms with E-state index >= 15 is 0 Å². The minimum Gasteiger partial charge on any atom is -0.495 e. The van der Waals surface area contributed by atoms with Gasteiger partial charge in [0.15, 0.2) is 11.5 Å². The number of hydrogen-bond donors (Lipinski definition) is 2. The zero-order valence-corrected chi connectivity index (χ0v) is 9.91. The highest BCUT2D eigenvalue weighted by molar-refractivity contribution is 6.60. The van der Waals surface area contributed by atoms with Gasteiger partial charge in [-0.3, -0.25) is 0 Å². The monoisotopic (exact) mass is 246 g/mol. The fourth-order valence-electron chi connectivity index (χ4n) is 1.35. The molecule has 1 rings (SSSR count). The van der Waals surface area contributed by atoms with Gasteiger partial charge in [0.1, 0.15) is 10.8 Å². The normalized spacial score (nSPS) is 9.88. The molecule has 0 saturated carbocycles. The summed E-state index contributed by atoms with van der Waals surface area (Å²) in [7, 11) is 2.53. The standard InChI is InChI=1S/C9H12BClO5/c1-14-6-4-5(10(12)13)8(15-2)7(11)9(6)16-3/h4,12-13H,1-3H3. The van der Waals surface area contributed by atoms with Crippen LogP contribution in [0.5, 0.6) is 17.2 Å². The lowest BCUT2D eigenvalue weighted by Crippen LogP contribution is -2.31. The van der Waals surface area contributed by atoms with E-state index in [1.54, 1.807) is 0 Å². The van der Waals surface area contributed by atoms with Gasteiger partial charge >= 0.3 is 7.12 Å². The molecule has 0 fully saturated rings. The van der Waals surface area contributed by atoms with Crippen molar-refractivity contribution in [3.8, 4) is 17.2 Å². The Morgan fingerprint density at radius 1 is 1.06 bits per heavy atom. The molecule has 0 aliphatic rings. The number of methoxy groups -OCH3 is 3. The highest BCUT2D eigenvalue weighted by Gasteiger charge is 2.25. The predicted octanol–water partition coefficient (Wildman–Crippen LogP) is 0.0456. The molecule has 1 aromatic rings. The summed E-state index contributed by atoms with van der Waals surface area (Å²) in [5.74, 6) is 0.733. The third kappa shape index (κ3) is 2.19. The van der Waals surface area contributed by atoms with Crippen molar-refractivity contribution in [3.05, 3.63) is 11.1 Å². The number of rotatable bonds is 4. The summed E-state index contributed by atoms with van der Waals surface area (Å²) in [6.45, 7) is 0. The molecule has 1 aromatic carbocycles. The van der Waals surface area contributed by atoms with E-state index in [2.05, 4.69) is 0 Å². The van der Waals surface area contributed by atoms with Crippen LogP contribution in [0.2, 0.25) is 5.02 Å². The topological polar surface area (TPSA) is 68.2 Å². The molecule has 0 atom stereocenters. The van der Waals surface area contributed by atoms with Gasteiger partial charge in [0.2, 0.25) is 0 Å². The molecule has 0 heterocycles. The summed E-state index contributed by atoms with van der Waals surface area (Å²) in [6.07, 6.45) is 0. The van der Waals surface area contributed by atoms with Gasteiger partial charge in [-0.15, -0.1) is 0 Å². The van der Waals surface area contributed by atoms with Crippen LogP contribution in [0.4, 0.5) is 0 Å². The van der Waals surface area contributed by atoms with Crippen LogP contribution in [0, 0.1) is 0 Å². The maximum Gasteiger partial charge on any atom is 0.492 e. The Hall–Kier alpha value is -1.11. The molecule has 0 radical (unpaired) electrons. The number of halogens is 1. The van der Waals surface area contributed by atoms with Crippen LogP contribution in [0.15, 0.2) is 6.07 Å². The maximum atomic E-state index is 9.16. The molecule has 0 aromatic heterocycles. The molecule has 0 amide bonds. The molecule has 5 nitrogen and oxygen atoms in total. The number of hydrogen-bond acceptors (Lipinski definition) is 5. The molecule has 2 N–H and O–H groups in total. The summed E-state index contributed by atoms with van der Waals surface area (Å²) >= 11 is 5.99. The van der Waals surface area contributed by atoms with Crippen molar-refractivity contribution in [1.29, 1.82) is 0 Å². The van der Waals surface area contributed by atoms with Crippen LogP contribution < -0.4 is 19.7 Å². The van der Waals surface area contributed by atoms with Gasteiger partial charge in [0.25, 0.3) is 0 Å². The van der Waals surface area contributed by atoms with Crippen LogP contribution in [0.3, 0.4) is 0 Å². The van der Waals surface area contributed by atoms with Gasteiger partial charge in [-0.2, -0.15) is 0 Å². The molecule has 0 saturated heterocycles. The van der Waals surface area contributed by atoms with Crippen molar-refractivity contribution >= 4 is 24.2 Å². The minimum atomic E-state index is -1.70. The van der Waals surface area contributed by atoms with Gasteiger partial charge in [-0.05, 0) is 6.07 Å². The molecule has 0 spiro atoms. The van der Waals surface area contributed by atoms with Gasteiger partial charge in [0.05, 0.1) is 21.3 Å². The summed E-state index contributed by atoms with van der Waals surface area (Å²) in [6, 6.07) is 1.40. The zero-order valence-electron chi connectivity index (χ0n) is 9.15. The predicted molar refractivity (Wildman–Crippen MR) is 60.9 cm³/mol. The third-order valence-electron chi connectivity index (χ3n) is 2.08. The van der Waals surface area contributed by atoms with Crippen LogP contribution in [0.1, 0.15) is 0 Å². The first kappa shape index (κ1) is 13.0. The van der Waals surface area contributed by atoms with Crippen molar-refractivity contribution in [2.24, 2.45) is 0 Å². The van der Waals surface area contributed by atoms with Crippen LogP contribution in [-0.4, -0.2) is 38.5 Å².